The molecular weight excluding hydrogens is 921 g/mol. The molecule has 1 unspecified atom stereocenters. The summed E-state index contributed by atoms with van der Waals surface area (Å²) in [5, 5.41) is 19.6. The Kier molecular flexibility index (Phi) is 14.7. The van der Waals surface area contributed by atoms with E-state index in [2.05, 4.69) is 175 Å². The lowest BCUT2D eigenvalue weighted by Crippen LogP contribution is -2.41. The van der Waals surface area contributed by atoms with Crippen LogP contribution in [-0.2, 0) is 33.5 Å². The molecule has 7 aromatic carbocycles. The van der Waals surface area contributed by atoms with E-state index < -0.39 is 22.8 Å². The molecule has 0 aliphatic carbocycles. The Labute approximate surface area is 434 Å². The number of amides is 1. The lowest BCUT2D eigenvalue weighted by atomic mass is 9.79. The number of allylic oxidation sites excluding steroid dienone is 3. The molecule has 1 amide bonds. The Hall–Kier alpha value is -8.57. The maximum atomic E-state index is 14.1. The van der Waals surface area contributed by atoms with E-state index in [1.807, 2.05) is 72.8 Å². The maximum Gasteiger partial charge on any atom is 0.305 e. The van der Waals surface area contributed by atoms with Crippen molar-refractivity contribution < 1.29 is 24.6 Å². The van der Waals surface area contributed by atoms with Crippen LogP contribution >= 0.6 is 0 Å². The van der Waals surface area contributed by atoms with E-state index in [4.69, 9.17) is 0 Å². The Morgan fingerprint density at radius 3 is 1.73 bits per heavy atom. The molecule has 0 bridgehead atoms. The van der Waals surface area contributed by atoms with Gasteiger partial charge >= 0.3 is 11.9 Å². The number of nitrogens with zero attached hydrogens (tertiary/aromatic N) is 4. The number of hydrogen-bond acceptors (Lipinski definition) is 8. The van der Waals surface area contributed by atoms with Gasteiger partial charge in [-0.25, -0.2) is 0 Å². The van der Waals surface area contributed by atoms with E-state index in [1.165, 1.54) is 11.1 Å². The molecule has 11 heteroatoms. The van der Waals surface area contributed by atoms with Gasteiger partial charge in [-0.15, -0.1) is 0 Å². The average Bonchev–Trinajstić information content (AvgIpc) is 3.77. The van der Waals surface area contributed by atoms with Gasteiger partial charge < -0.3 is 40.7 Å². The molecule has 4 N–H and O–H groups in total. The summed E-state index contributed by atoms with van der Waals surface area (Å²) >= 11 is 0. The van der Waals surface area contributed by atoms with Gasteiger partial charge in [-0.1, -0.05) is 137 Å². The van der Waals surface area contributed by atoms with Crippen LogP contribution in [0.25, 0.3) is 11.1 Å². The molecule has 9 rings (SSSR count). The predicted molar refractivity (Wildman–Crippen MR) is 300 cm³/mol. The second-order valence-corrected chi connectivity index (χ2v) is 20.2. The average molecular weight is 985 g/mol. The number of hydrogen-bond donors (Lipinski definition) is 4. The van der Waals surface area contributed by atoms with Gasteiger partial charge in [-0.2, -0.15) is 0 Å². The van der Waals surface area contributed by atoms with E-state index in [-0.39, 0.29) is 31.3 Å². The SMILES string of the molecule is CN(C(=O)c1ccc(NNc2ccc(N(Cc3ccccc3)Cc3ccccc3)cc2)cc1)c1ccc2c(c1)C(C)(C)C(C=CC=C1N(CCC(=O)O)c3ccc(-c4ccccc4)cc3C1(C)C)N2CCC(=O)O. The second kappa shape index (κ2) is 21.6. The highest BCUT2D eigenvalue weighted by atomic mass is 16.4. The third kappa shape index (κ3) is 10.9. The highest BCUT2D eigenvalue weighted by Crippen LogP contribution is 2.50. The van der Waals surface area contributed by atoms with Crippen molar-refractivity contribution in [2.45, 2.75) is 70.5 Å². The van der Waals surface area contributed by atoms with E-state index in [1.54, 1.807) is 11.9 Å². The van der Waals surface area contributed by atoms with Gasteiger partial charge in [-0.05, 0) is 118 Å². The van der Waals surface area contributed by atoms with Gasteiger partial charge in [0.05, 0.1) is 30.3 Å². The summed E-state index contributed by atoms with van der Waals surface area (Å²) in [6.07, 6.45) is 6.17. The molecular formula is C63H64N6O5. The van der Waals surface area contributed by atoms with Gasteiger partial charge in [0.2, 0.25) is 0 Å². The summed E-state index contributed by atoms with van der Waals surface area (Å²) in [6.45, 7) is 10.8. The number of nitrogens with one attached hydrogen (secondary N) is 2. The number of anilines is 6. The number of aliphatic carboxylic acids is 2. The van der Waals surface area contributed by atoms with Gasteiger partial charge in [0, 0.05) is 78.1 Å². The molecule has 2 heterocycles. The number of hydrazine groups is 1. The molecule has 2 aliphatic rings. The van der Waals surface area contributed by atoms with Crippen molar-refractivity contribution in [1.82, 2.24) is 0 Å². The van der Waals surface area contributed by atoms with Crippen LogP contribution in [0.4, 0.5) is 34.1 Å². The van der Waals surface area contributed by atoms with Crippen molar-refractivity contribution in [3.8, 4) is 11.1 Å². The summed E-state index contributed by atoms with van der Waals surface area (Å²) in [6, 6.07) is 59.1. The minimum absolute atomic E-state index is 0.0216. The number of carbonyl (C=O) groups excluding carboxylic acids is 1. The first-order valence-corrected chi connectivity index (χ1v) is 25.2. The first-order valence-electron chi connectivity index (χ1n) is 25.2. The summed E-state index contributed by atoms with van der Waals surface area (Å²) in [7, 11) is 1.77. The summed E-state index contributed by atoms with van der Waals surface area (Å²) in [5.74, 6) is -1.91. The Morgan fingerprint density at radius 2 is 1.14 bits per heavy atom. The molecule has 1 atom stereocenters. The van der Waals surface area contributed by atoms with Crippen molar-refractivity contribution in [3.63, 3.8) is 0 Å². The van der Waals surface area contributed by atoms with Gasteiger partial charge in [0.25, 0.3) is 5.91 Å². The van der Waals surface area contributed by atoms with Crippen molar-refractivity contribution in [1.29, 1.82) is 0 Å². The number of fused-ring (bicyclic) bond motifs is 2. The quantitative estimate of drug-likeness (QED) is 0.0582. The molecule has 0 spiro atoms. The lowest BCUT2D eigenvalue weighted by Gasteiger charge is -2.32. The van der Waals surface area contributed by atoms with Crippen molar-refractivity contribution >= 4 is 52.0 Å². The third-order valence-electron chi connectivity index (χ3n) is 14.6. The molecule has 11 nitrogen and oxygen atoms in total. The van der Waals surface area contributed by atoms with Gasteiger partial charge in [0.15, 0.2) is 0 Å². The second-order valence-electron chi connectivity index (χ2n) is 20.2. The van der Waals surface area contributed by atoms with Crippen molar-refractivity contribution in [2.75, 3.05) is 50.6 Å². The van der Waals surface area contributed by atoms with Crippen LogP contribution in [0.15, 0.2) is 200 Å². The zero-order valence-electron chi connectivity index (χ0n) is 42.7. The number of carbonyl (C=O) groups is 3. The van der Waals surface area contributed by atoms with Crippen LogP contribution in [0, 0.1) is 0 Å². The normalized spacial score (nSPS) is 15.7. The van der Waals surface area contributed by atoms with Gasteiger partial charge in [0.1, 0.15) is 0 Å². The molecule has 74 heavy (non-hydrogen) atoms. The number of rotatable bonds is 19. The van der Waals surface area contributed by atoms with Crippen LogP contribution < -0.4 is 30.5 Å². The number of carboxylic acid groups (broad SMARTS) is 2. The fraction of sp³-hybridized carbons (Fsp3) is 0.222. The summed E-state index contributed by atoms with van der Waals surface area (Å²) in [5.41, 5.74) is 19.4. The summed E-state index contributed by atoms with van der Waals surface area (Å²) < 4.78 is 0. The molecule has 2 aliphatic heterocycles. The standard InChI is InChI=1S/C63H64N6O5/c1-62(2)53-40-48(46-20-13-8-14-21-46)26-34-55(53)68(38-36-59(70)71)57(62)22-15-23-58-63(3,4)54-41-52(33-35-56(54)69(58)39-37-60(72)73)66(5)61(74)47-24-27-49(28-25-47)64-65-50-29-31-51(32-30-50)67(42-44-16-9-6-10-17-44)43-45-18-11-7-12-19-45/h6-35,40-41,58,64-65H,36-39,42-43H2,1-5H3,(H,70,71)(H,72,73). The number of carboxylic acids is 2. The predicted octanol–water partition coefficient (Wildman–Crippen LogP) is 12.9. The Bertz CT molecular complexity index is 3130. The fourth-order valence-electron chi connectivity index (χ4n) is 10.5. The number of benzene rings is 7. The highest BCUT2D eigenvalue weighted by Gasteiger charge is 2.44. The van der Waals surface area contributed by atoms with E-state index in [9.17, 15) is 24.6 Å². The van der Waals surface area contributed by atoms with Gasteiger partial charge in [-0.3, -0.25) is 14.4 Å². The highest BCUT2D eigenvalue weighted by molar-refractivity contribution is 6.06. The minimum atomic E-state index is -0.885. The first-order chi connectivity index (χ1) is 35.7. The van der Waals surface area contributed by atoms with E-state index in [0.717, 1.165) is 75.2 Å². The van der Waals surface area contributed by atoms with Crippen LogP contribution in [0.3, 0.4) is 0 Å². The fourth-order valence-corrected chi connectivity index (χ4v) is 10.5. The smallest absolute Gasteiger partial charge is 0.305 e. The molecule has 0 aromatic heterocycles. The lowest BCUT2D eigenvalue weighted by molar-refractivity contribution is -0.137. The zero-order chi connectivity index (χ0) is 52.0. The minimum Gasteiger partial charge on any atom is -0.481 e. The van der Waals surface area contributed by atoms with E-state index in [0.29, 0.717) is 12.1 Å². The molecule has 0 saturated carbocycles. The molecule has 0 saturated heterocycles. The first kappa shape index (κ1) is 50.4. The third-order valence-corrected chi connectivity index (χ3v) is 14.6. The molecule has 7 aromatic rings. The monoisotopic (exact) mass is 984 g/mol. The molecule has 0 fully saturated rings. The molecule has 0 radical (unpaired) electrons. The Morgan fingerprint density at radius 1 is 0.595 bits per heavy atom. The van der Waals surface area contributed by atoms with Crippen LogP contribution in [0.1, 0.15) is 73.1 Å². The van der Waals surface area contributed by atoms with E-state index >= 15 is 0 Å². The zero-order valence-corrected chi connectivity index (χ0v) is 42.7. The summed E-state index contributed by atoms with van der Waals surface area (Å²) in [4.78, 5) is 46.3. The maximum absolute atomic E-state index is 14.1. The van der Waals surface area contributed by atoms with Crippen molar-refractivity contribution in [3.05, 3.63) is 228 Å². The van der Waals surface area contributed by atoms with Crippen LogP contribution in [0.2, 0.25) is 0 Å². The van der Waals surface area contributed by atoms with Crippen molar-refractivity contribution in [2.24, 2.45) is 0 Å². The van der Waals surface area contributed by atoms with Crippen LogP contribution in [0.5, 0.6) is 0 Å². The van der Waals surface area contributed by atoms with Crippen LogP contribution in [-0.4, -0.2) is 54.2 Å². The topological polar surface area (TPSA) is 129 Å². The molecule has 376 valence electrons. The largest absolute Gasteiger partial charge is 0.481 e. The Balaban J connectivity index is 0.890.